The van der Waals surface area contributed by atoms with Crippen LogP contribution >= 0.6 is 0 Å². The lowest BCUT2D eigenvalue weighted by Crippen LogP contribution is -2.60. The summed E-state index contributed by atoms with van der Waals surface area (Å²) in [5.74, 6) is -0.962. The van der Waals surface area contributed by atoms with Crippen LogP contribution in [0.15, 0.2) is 54.6 Å². The topological polar surface area (TPSA) is 73.1 Å². The first-order valence-electron chi connectivity index (χ1n) is 11.1. The zero-order valence-electron chi connectivity index (χ0n) is 17.9. The average molecular weight is 421 g/mol. The van der Waals surface area contributed by atoms with Crippen LogP contribution in [0, 0.1) is 34.9 Å². The Kier molecular flexibility index (Phi) is 5.85. The molecule has 162 valence electrons. The minimum Gasteiger partial charge on any atom is -0.481 e. The monoisotopic (exact) mass is 420 g/mol. The number of carboxylic acid groups (broad SMARTS) is 1. The molecule has 0 aromatic heterocycles. The largest absolute Gasteiger partial charge is 0.481 e. The molecule has 2 aromatic rings. The number of benzene rings is 2. The van der Waals surface area contributed by atoms with Crippen LogP contribution in [0.2, 0.25) is 0 Å². The van der Waals surface area contributed by atoms with E-state index in [0.717, 1.165) is 24.0 Å². The summed E-state index contributed by atoms with van der Waals surface area (Å²) in [6.07, 6.45) is 2.89. The van der Waals surface area contributed by atoms with Gasteiger partial charge in [-0.05, 0) is 79.8 Å². The average Bonchev–Trinajstić information content (AvgIpc) is 2.80. The molecule has 1 saturated carbocycles. The van der Waals surface area contributed by atoms with E-state index >= 15 is 0 Å². The first-order valence-corrected chi connectivity index (χ1v) is 11.1. The number of hydrogen-bond acceptors (Lipinski definition) is 3. The Hall–Kier alpha value is -2.71. The number of aliphatic carboxylic acids is 1. The van der Waals surface area contributed by atoms with Crippen molar-refractivity contribution in [3.05, 3.63) is 71.5 Å². The van der Waals surface area contributed by atoms with Gasteiger partial charge in [-0.25, -0.2) is 4.39 Å². The zero-order valence-corrected chi connectivity index (χ0v) is 17.9. The Morgan fingerprint density at radius 2 is 1.71 bits per heavy atom. The van der Waals surface area contributed by atoms with Gasteiger partial charge in [0.05, 0.1) is 11.5 Å². The zero-order chi connectivity index (χ0) is 22.1. The lowest BCUT2D eigenvalue weighted by atomic mass is 9.54. The quantitative estimate of drug-likeness (QED) is 0.755. The highest BCUT2D eigenvalue weighted by Gasteiger charge is 2.56. The molecule has 5 heteroatoms. The van der Waals surface area contributed by atoms with Crippen LogP contribution < -0.4 is 5.32 Å². The molecule has 1 saturated heterocycles. The second kappa shape index (κ2) is 8.43. The van der Waals surface area contributed by atoms with Crippen molar-refractivity contribution in [2.45, 2.75) is 43.4 Å². The number of nitriles is 1. The van der Waals surface area contributed by atoms with Crippen LogP contribution in [-0.2, 0) is 15.6 Å². The SMILES string of the molecule is C[C@@H]1CNC[C@H](C2CCC(C#N)(c3ccc(F)cc3)CC2)[C@@]1(C(=O)O)c1ccccc1. The summed E-state index contributed by atoms with van der Waals surface area (Å²) in [6.45, 7) is 3.36. The molecule has 1 heterocycles. The number of nitrogens with zero attached hydrogens (tertiary/aromatic N) is 1. The van der Waals surface area contributed by atoms with Gasteiger partial charge in [0.1, 0.15) is 11.2 Å². The second-order valence-corrected chi connectivity index (χ2v) is 9.24. The van der Waals surface area contributed by atoms with Crippen LogP contribution in [0.5, 0.6) is 0 Å². The predicted octanol–water partition coefficient (Wildman–Crippen LogP) is 4.66. The third-order valence-corrected chi connectivity index (χ3v) is 7.85. The number of carboxylic acids is 1. The van der Waals surface area contributed by atoms with Gasteiger partial charge < -0.3 is 10.4 Å². The van der Waals surface area contributed by atoms with E-state index in [-0.39, 0.29) is 23.6 Å². The van der Waals surface area contributed by atoms with Crippen molar-refractivity contribution in [3.63, 3.8) is 0 Å². The Morgan fingerprint density at radius 1 is 1.06 bits per heavy atom. The molecule has 1 aliphatic carbocycles. The van der Waals surface area contributed by atoms with Crippen LogP contribution in [-0.4, -0.2) is 24.2 Å². The lowest BCUT2D eigenvalue weighted by Gasteiger charge is -2.51. The number of nitrogens with one attached hydrogen (secondary N) is 1. The molecular formula is C26H29FN2O2. The minimum atomic E-state index is -0.945. The minimum absolute atomic E-state index is 0.0501. The van der Waals surface area contributed by atoms with E-state index < -0.39 is 16.8 Å². The van der Waals surface area contributed by atoms with Crippen LogP contribution in [0.1, 0.15) is 43.7 Å². The smallest absolute Gasteiger partial charge is 0.314 e. The standard InChI is InChI=1S/C26H29FN2O2/c1-18-15-29-16-23(26(18,24(30)31)21-5-3-2-4-6-21)19-11-13-25(17-28,14-12-19)20-7-9-22(27)10-8-20/h2-10,18-19,23,29H,11-16H2,1H3,(H,30,31)/t18-,19?,23-,25?,26+/m1/s1. The normalized spacial score (nSPS) is 33.4. The van der Waals surface area contributed by atoms with Gasteiger partial charge in [0.2, 0.25) is 0 Å². The third-order valence-electron chi connectivity index (χ3n) is 7.85. The van der Waals surface area contributed by atoms with Crippen molar-refractivity contribution < 1.29 is 14.3 Å². The molecule has 0 unspecified atom stereocenters. The molecule has 0 radical (unpaired) electrons. The molecule has 31 heavy (non-hydrogen) atoms. The Bertz CT molecular complexity index is 961. The summed E-state index contributed by atoms with van der Waals surface area (Å²) >= 11 is 0. The Balaban J connectivity index is 1.65. The predicted molar refractivity (Wildman–Crippen MR) is 117 cm³/mol. The first-order chi connectivity index (χ1) is 14.9. The fourth-order valence-electron chi connectivity index (χ4n) is 6.16. The number of rotatable bonds is 4. The van der Waals surface area contributed by atoms with Crippen LogP contribution in [0.3, 0.4) is 0 Å². The number of piperidine rings is 1. The van der Waals surface area contributed by atoms with E-state index in [9.17, 15) is 19.6 Å². The summed E-state index contributed by atoms with van der Waals surface area (Å²) < 4.78 is 13.4. The van der Waals surface area contributed by atoms with Crippen molar-refractivity contribution in [1.29, 1.82) is 5.26 Å². The van der Waals surface area contributed by atoms with Crippen molar-refractivity contribution in [3.8, 4) is 6.07 Å². The fraction of sp³-hybridized carbons (Fsp3) is 0.462. The summed E-state index contributed by atoms with van der Waals surface area (Å²) in [5, 5.41) is 24.0. The van der Waals surface area contributed by atoms with Gasteiger partial charge in [-0.2, -0.15) is 5.26 Å². The van der Waals surface area contributed by atoms with Crippen molar-refractivity contribution >= 4 is 5.97 Å². The van der Waals surface area contributed by atoms with Crippen molar-refractivity contribution in [1.82, 2.24) is 5.32 Å². The van der Waals surface area contributed by atoms with E-state index in [0.29, 0.717) is 25.9 Å². The number of hydrogen-bond donors (Lipinski definition) is 2. The van der Waals surface area contributed by atoms with Gasteiger partial charge in [0.25, 0.3) is 0 Å². The number of carbonyl (C=O) groups is 1. The van der Waals surface area contributed by atoms with Gasteiger partial charge in [-0.1, -0.05) is 49.4 Å². The highest BCUT2D eigenvalue weighted by molar-refractivity contribution is 5.82. The van der Waals surface area contributed by atoms with Gasteiger partial charge in [-0.3, -0.25) is 4.79 Å². The van der Waals surface area contributed by atoms with E-state index in [2.05, 4.69) is 11.4 Å². The maximum Gasteiger partial charge on any atom is 0.314 e. The maximum absolute atomic E-state index is 13.4. The van der Waals surface area contributed by atoms with Crippen LogP contribution in [0.4, 0.5) is 4.39 Å². The van der Waals surface area contributed by atoms with E-state index in [1.54, 1.807) is 12.1 Å². The first kappa shape index (κ1) is 21.5. The summed E-state index contributed by atoms with van der Waals surface area (Å²) in [4.78, 5) is 12.9. The molecule has 0 bridgehead atoms. The fourth-order valence-corrected chi connectivity index (χ4v) is 6.16. The van der Waals surface area contributed by atoms with Crippen molar-refractivity contribution in [2.75, 3.05) is 13.1 Å². The molecule has 1 aliphatic heterocycles. The van der Waals surface area contributed by atoms with Gasteiger partial charge in [-0.15, -0.1) is 0 Å². The summed E-state index contributed by atoms with van der Waals surface area (Å²) in [5.41, 5.74) is 0.158. The Labute approximate surface area is 183 Å². The number of halogens is 1. The molecule has 3 atom stereocenters. The van der Waals surface area contributed by atoms with Gasteiger partial charge >= 0.3 is 5.97 Å². The summed E-state index contributed by atoms with van der Waals surface area (Å²) in [6, 6.07) is 18.4. The molecule has 0 spiro atoms. The lowest BCUT2D eigenvalue weighted by molar-refractivity contribution is -0.152. The second-order valence-electron chi connectivity index (χ2n) is 9.24. The van der Waals surface area contributed by atoms with E-state index in [1.807, 2.05) is 37.3 Å². The van der Waals surface area contributed by atoms with Gasteiger partial charge in [0, 0.05) is 0 Å². The molecule has 2 aromatic carbocycles. The van der Waals surface area contributed by atoms with E-state index in [1.165, 1.54) is 12.1 Å². The molecule has 4 nitrogen and oxygen atoms in total. The summed E-state index contributed by atoms with van der Waals surface area (Å²) in [7, 11) is 0. The highest BCUT2D eigenvalue weighted by atomic mass is 19.1. The molecular weight excluding hydrogens is 391 g/mol. The highest BCUT2D eigenvalue weighted by Crippen LogP contribution is 2.51. The molecule has 2 N–H and O–H groups in total. The Morgan fingerprint density at radius 3 is 2.29 bits per heavy atom. The maximum atomic E-state index is 13.4. The van der Waals surface area contributed by atoms with Gasteiger partial charge in [0.15, 0.2) is 0 Å². The van der Waals surface area contributed by atoms with E-state index in [4.69, 9.17) is 0 Å². The third kappa shape index (κ3) is 3.53. The molecule has 2 aliphatic rings. The van der Waals surface area contributed by atoms with Crippen LogP contribution in [0.25, 0.3) is 0 Å². The van der Waals surface area contributed by atoms with Crippen molar-refractivity contribution in [2.24, 2.45) is 17.8 Å². The molecule has 2 fully saturated rings. The molecule has 4 rings (SSSR count). The molecule has 0 amide bonds.